The van der Waals surface area contributed by atoms with Gasteiger partial charge in [0.1, 0.15) is 24.7 Å². The number of aromatic carboxylic acids is 1. The normalized spacial score (nSPS) is 18.9. The number of ether oxygens (including phenoxy) is 4. The molecule has 8 rings (SSSR count). The smallest absolute Gasteiger partial charge is 0.335 e. The molecular weight excluding hydrogens is 845 g/mol. The summed E-state index contributed by atoms with van der Waals surface area (Å²) < 4.78 is 23.0. The Morgan fingerprint density at radius 3 is 1.36 bits per heavy atom. The summed E-state index contributed by atoms with van der Waals surface area (Å²) in [7, 11) is 4.37. The lowest BCUT2D eigenvalue weighted by molar-refractivity contribution is -0.0430. The molecule has 13 heteroatoms. The van der Waals surface area contributed by atoms with Crippen LogP contribution >= 0.6 is 0 Å². The molecule has 1 amide bonds. The molecule has 0 bridgehead atoms. The first-order valence-corrected chi connectivity index (χ1v) is 24.1. The number of carboxylic acids is 1. The standard InChI is InChI=1S/C27H37N3O3.C16H16O3.C11H23N3O/c1-21-17-24(18-22(2)25(21)33-19-23-7-5-4-6-8-23)26(31)28-20-27(9-15-32-16-10-27)30-13-11-29(3)12-14-30;1-11-8-14(16(17)18)9-12(2)15(11)19-10-13-6-4-3-5-7-13;1-13-4-6-14(7-5-13)11(10-12)2-8-15-9-3-11/h4-8,17-18H,9-16,19-20H2,1-3H3,(H,28,31);3-9H,10H2,1-2H3,(H,17,18);2-10,12H2,1H3. The van der Waals surface area contributed by atoms with Gasteiger partial charge in [-0.15, -0.1) is 0 Å². The van der Waals surface area contributed by atoms with Crippen LogP contribution < -0.4 is 20.5 Å². The van der Waals surface area contributed by atoms with E-state index in [9.17, 15) is 9.59 Å². The van der Waals surface area contributed by atoms with Gasteiger partial charge in [0, 0.05) is 109 Å². The highest BCUT2D eigenvalue weighted by atomic mass is 16.5. The molecule has 4 N–H and O–H groups in total. The first-order valence-electron chi connectivity index (χ1n) is 24.1. The molecular formula is C54H76N6O7. The van der Waals surface area contributed by atoms with Crippen molar-refractivity contribution < 1.29 is 33.6 Å². The summed E-state index contributed by atoms with van der Waals surface area (Å²) in [5.41, 5.74) is 13.1. The van der Waals surface area contributed by atoms with Crippen molar-refractivity contribution in [2.24, 2.45) is 5.73 Å². The Hall–Kier alpha value is -4.86. The molecule has 4 saturated heterocycles. The van der Waals surface area contributed by atoms with Crippen LogP contribution in [0.25, 0.3) is 0 Å². The monoisotopic (exact) mass is 921 g/mol. The van der Waals surface area contributed by atoms with E-state index in [-0.39, 0.29) is 17.0 Å². The van der Waals surface area contributed by atoms with Crippen molar-refractivity contribution in [3.05, 3.63) is 129 Å². The highest BCUT2D eigenvalue weighted by Crippen LogP contribution is 2.31. The van der Waals surface area contributed by atoms with Gasteiger partial charge in [-0.1, -0.05) is 60.7 Å². The Morgan fingerprint density at radius 1 is 0.597 bits per heavy atom. The first kappa shape index (κ1) is 51.5. The van der Waals surface area contributed by atoms with Crippen molar-refractivity contribution in [3.8, 4) is 11.5 Å². The minimum Gasteiger partial charge on any atom is -0.488 e. The molecule has 67 heavy (non-hydrogen) atoms. The molecule has 0 aromatic heterocycles. The van der Waals surface area contributed by atoms with Gasteiger partial charge in [-0.2, -0.15) is 0 Å². The van der Waals surface area contributed by atoms with E-state index in [1.165, 1.54) is 13.1 Å². The summed E-state index contributed by atoms with van der Waals surface area (Å²) in [4.78, 5) is 34.0. The highest BCUT2D eigenvalue weighted by Gasteiger charge is 2.40. The molecule has 0 spiro atoms. The van der Waals surface area contributed by atoms with Gasteiger partial charge < -0.3 is 44.9 Å². The first-order chi connectivity index (χ1) is 32.3. The van der Waals surface area contributed by atoms with Gasteiger partial charge in [0.15, 0.2) is 0 Å². The Kier molecular flexibility index (Phi) is 19.2. The number of carboxylic acid groups (broad SMARTS) is 1. The van der Waals surface area contributed by atoms with Crippen LogP contribution in [-0.4, -0.2) is 154 Å². The van der Waals surface area contributed by atoms with E-state index in [4.69, 9.17) is 29.8 Å². The van der Waals surface area contributed by atoms with Gasteiger partial charge in [0.25, 0.3) is 5.91 Å². The van der Waals surface area contributed by atoms with Crippen LogP contribution in [0.1, 0.15) is 79.8 Å². The molecule has 364 valence electrons. The number of amides is 1. The van der Waals surface area contributed by atoms with Crippen molar-refractivity contribution in [1.82, 2.24) is 24.9 Å². The fraction of sp³-hybridized carbons (Fsp3) is 0.519. The number of nitrogens with zero attached hydrogens (tertiary/aromatic N) is 4. The number of benzene rings is 4. The quantitative estimate of drug-likeness (QED) is 0.131. The number of nitrogens with two attached hydrogens (primary N) is 1. The average Bonchev–Trinajstić information content (AvgIpc) is 3.34. The second-order valence-electron chi connectivity index (χ2n) is 18.9. The number of carbonyl (C=O) groups is 2. The third-order valence-electron chi connectivity index (χ3n) is 14.0. The van der Waals surface area contributed by atoms with Gasteiger partial charge >= 0.3 is 5.97 Å². The Bertz CT molecular complexity index is 2120. The maximum atomic E-state index is 13.1. The van der Waals surface area contributed by atoms with Crippen LogP contribution in [0, 0.1) is 27.7 Å². The number of rotatable bonds is 13. The number of piperazine rings is 2. The molecule has 4 aliphatic heterocycles. The SMILES string of the molecule is CN1CCN(C2(CN)CCOCC2)CC1.Cc1cc(C(=O)NCC2(N3CCN(C)CC3)CCOCC2)cc(C)c1OCc1ccccc1.Cc1cc(C(=O)O)cc(C)c1OCc1ccccc1. The molecule has 0 aliphatic carbocycles. The number of hydrogen-bond acceptors (Lipinski definition) is 11. The highest BCUT2D eigenvalue weighted by molar-refractivity contribution is 5.95. The van der Waals surface area contributed by atoms with Gasteiger partial charge in [-0.3, -0.25) is 14.6 Å². The van der Waals surface area contributed by atoms with Crippen LogP contribution in [0.3, 0.4) is 0 Å². The van der Waals surface area contributed by atoms with E-state index in [1.807, 2.05) is 88.4 Å². The second kappa shape index (κ2) is 25.0. The fourth-order valence-electron chi connectivity index (χ4n) is 9.74. The lowest BCUT2D eigenvalue weighted by atomic mass is 9.87. The van der Waals surface area contributed by atoms with E-state index < -0.39 is 5.97 Å². The molecule has 0 saturated carbocycles. The van der Waals surface area contributed by atoms with Crippen LogP contribution in [-0.2, 0) is 22.7 Å². The van der Waals surface area contributed by atoms with E-state index >= 15 is 0 Å². The molecule has 4 fully saturated rings. The zero-order valence-electron chi connectivity index (χ0n) is 41.0. The fourth-order valence-corrected chi connectivity index (χ4v) is 9.74. The van der Waals surface area contributed by atoms with Crippen molar-refractivity contribution in [1.29, 1.82) is 0 Å². The summed E-state index contributed by atoms with van der Waals surface area (Å²) in [6, 6.07) is 27.2. The number of nitrogens with one attached hydrogen (secondary N) is 1. The molecule has 4 aromatic rings. The van der Waals surface area contributed by atoms with Crippen molar-refractivity contribution in [2.45, 2.75) is 77.7 Å². The largest absolute Gasteiger partial charge is 0.488 e. The summed E-state index contributed by atoms with van der Waals surface area (Å²) >= 11 is 0. The summed E-state index contributed by atoms with van der Waals surface area (Å²) in [5, 5.41) is 12.3. The van der Waals surface area contributed by atoms with E-state index in [1.54, 1.807) is 12.1 Å². The van der Waals surface area contributed by atoms with Crippen LogP contribution in [0.4, 0.5) is 0 Å². The minimum atomic E-state index is -0.916. The zero-order chi connectivity index (χ0) is 47.8. The Balaban J connectivity index is 0.000000183. The number of carbonyl (C=O) groups excluding carboxylic acids is 1. The van der Waals surface area contributed by atoms with Crippen LogP contribution in [0.2, 0.25) is 0 Å². The molecule has 4 aliphatic rings. The lowest BCUT2D eigenvalue weighted by Crippen LogP contribution is -2.62. The Labute approximate surface area is 399 Å². The van der Waals surface area contributed by atoms with Crippen molar-refractivity contribution in [3.63, 3.8) is 0 Å². The van der Waals surface area contributed by atoms with Gasteiger partial charge in [-0.25, -0.2) is 4.79 Å². The summed E-state index contributed by atoms with van der Waals surface area (Å²) in [6.45, 7) is 22.3. The number of hydrogen-bond donors (Lipinski definition) is 3. The predicted molar refractivity (Wildman–Crippen MR) is 265 cm³/mol. The van der Waals surface area contributed by atoms with Crippen molar-refractivity contribution in [2.75, 3.05) is 106 Å². The third kappa shape index (κ3) is 14.3. The van der Waals surface area contributed by atoms with E-state index in [0.29, 0.717) is 30.9 Å². The van der Waals surface area contributed by atoms with Gasteiger partial charge in [-0.05, 0) is 125 Å². The van der Waals surface area contributed by atoms with Crippen molar-refractivity contribution >= 4 is 11.9 Å². The molecule has 0 atom stereocenters. The molecule has 4 heterocycles. The van der Waals surface area contributed by atoms with Crippen LogP contribution in [0.15, 0.2) is 84.9 Å². The minimum absolute atomic E-state index is 0.0159. The number of likely N-dealkylation sites (N-methyl/N-ethyl adjacent to an activating group) is 2. The maximum absolute atomic E-state index is 13.1. The zero-order valence-corrected chi connectivity index (χ0v) is 41.0. The summed E-state index contributed by atoms with van der Waals surface area (Å²) in [6.07, 6.45) is 4.13. The number of aryl methyl sites for hydroxylation is 4. The maximum Gasteiger partial charge on any atom is 0.335 e. The topological polar surface area (TPSA) is 142 Å². The molecule has 13 nitrogen and oxygen atoms in total. The van der Waals surface area contributed by atoms with Crippen LogP contribution in [0.5, 0.6) is 11.5 Å². The van der Waals surface area contributed by atoms with E-state index in [0.717, 1.165) is 143 Å². The average molecular weight is 921 g/mol. The summed E-state index contributed by atoms with van der Waals surface area (Å²) in [5.74, 6) is 0.680. The van der Waals surface area contributed by atoms with Gasteiger partial charge in [0.2, 0.25) is 0 Å². The van der Waals surface area contributed by atoms with E-state index in [2.05, 4.69) is 51.1 Å². The Morgan fingerprint density at radius 2 is 0.970 bits per heavy atom. The molecule has 0 unspecified atom stereocenters. The molecule has 4 aromatic carbocycles. The second-order valence-corrected chi connectivity index (χ2v) is 18.9. The lowest BCUT2D eigenvalue weighted by Gasteiger charge is -2.49. The third-order valence-corrected chi connectivity index (χ3v) is 14.0. The predicted octanol–water partition coefficient (Wildman–Crippen LogP) is 6.73. The van der Waals surface area contributed by atoms with Gasteiger partial charge in [0.05, 0.1) is 5.56 Å². The molecule has 0 radical (unpaired) electrons.